The Morgan fingerprint density at radius 2 is 1.22 bits per heavy atom. The number of ether oxygens (including phenoxy) is 1. The Morgan fingerprint density at radius 3 is 1.81 bits per heavy atom. The highest BCUT2D eigenvalue weighted by atomic mass is 16.5. The van der Waals surface area contributed by atoms with Gasteiger partial charge in [0.15, 0.2) is 0 Å². The molecule has 0 heterocycles. The number of esters is 1. The van der Waals surface area contributed by atoms with Gasteiger partial charge in [-0.1, -0.05) is 90.9 Å². The van der Waals surface area contributed by atoms with Crippen LogP contribution in [0, 0.1) is 0 Å². The molecule has 0 saturated heterocycles. The molecule has 0 spiro atoms. The van der Waals surface area contributed by atoms with Gasteiger partial charge in [0, 0.05) is 12.8 Å². The molecule has 0 aliphatic rings. The number of hydrogen-bond donors (Lipinski definition) is 3. The number of rotatable bonds is 26. The van der Waals surface area contributed by atoms with E-state index < -0.39 is 12.0 Å². The Bertz CT molecular complexity index is 556. The summed E-state index contributed by atoms with van der Waals surface area (Å²) >= 11 is 0. The van der Waals surface area contributed by atoms with Gasteiger partial charge in [-0.15, -0.1) is 0 Å². The van der Waals surface area contributed by atoms with Crippen molar-refractivity contribution in [2.24, 2.45) is 5.73 Å². The summed E-state index contributed by atoms with van der Waals surface area (Å²) in [5, 5.41) is 11.8. The van der Waals surface area contributed by atoms with Crippen LogP contribution in [0.1, 0.15) is 149 Å². The third kappa shape index (κ3) is 21.6. The van der Waals surface area contributed by atoms with Crippen molar-refractivity contribution < 1.29 is 24.2 Å². The van der Waals surface area contributed by atoms with Crippen LogP contribution in [0.3, 0.4) is 0 Å². The number of hydrogen-bond acceptors (Lipinski definition) is 5. The topological polar surface area (TPSA) is 119 Å². The summed E-state index contributed by atoms with van der Waals surface area (Å²) in [6.07, 6.45) is 20.4. The van der Waals surface area contributed by atoms with Crippen LogP contribution in [-0.4, -0.2) is 41.6 Å². The van der Waals surface area contributed by atoms with Crippen molar-refractivity contribution in [1.29, 1.82) is 0 Å². The minimum Gasteiger partial charge on any atom is -0.480 e. The summed E-state index contributed by atoms with van der Waals surface area (Å²) in [6.45, 7) is 4.79. The molecule has 0 saturated carbocycles. The fourth-order valence-electron chi connectivity index (χ4n) is 4.38. The van der Waals surface area contributed by atoms with Gasteiger partial charge in [0.2, 0.25) is 5.91 Å². The standard InChI is InChI=1S/C29H56N2O5/c1-3-5-7-8-9-10-11-12-13-17-23-28(33)36-25(19-6-4-2)20-15-14-16-22-27(32)31-26(29(34)35)21-18-24-30/h25-26H,3-24,30H2,1-2H3,(H,31,32)(H,34,35). The lowest BCUT2D eigenvalue weighted by molar-refractivity contribution is -0.150. The lowest BCUT2D eigenvalue weighted by Crippen LogP contribution is -2.40. The number of nitrogens with one attached hydrogen (secondary N) is 1. The number of nitrogens with two attached hydrogens (primary N) is 1. The van der Waals surface area contributed by atoms with Crippen molar-refractivity contribution in [1.82, 2.24) is 5.32 Å². The molecule has 0 aromatic rings. The summed E-state index contributed by atoms with van der Waals surface area (Å²) in [5.74, 6) is -1.33. The molecule has 0 aliphatic carbocycles. The highest BCUT2D eigenvalue weighted by Crippen LogP contribution is 2.17. The minimum absolute atomic E-state index is 0.0398. The van der Waals surface area contributed by atoms with Crippen molar-refractivity contribution >= 4 is 17.8 Å². The Morgan fingerprint density at radius 1 is 0.694 bits per heavy atom. The Labute approximate surface area is 220 Å². The number of unbranched alkanes of at least 4 members (excludes halogenated alkanes) is 12. The zero-order chi connectivity index (χ0) is 26.9. The van der Waals surface area contributed by atoms with Crippen LogP contribution in [0.5, 0.6) is 0 Å². The predicted octanol–water partition coefficient (Wildman–Crippen LogP) is 6.66. The molecule has 0 aromatic heterocycles. The highest BCUT2D eigenvalue weighted by molar-refractivity contribution is 5.83. The number of amides is 1. The molecule has 2 unspecified atom stereocenters. The molecule has 0 radical (unpaired) electrons. The van der Waals surface area contributed by atoms with Gasteiger partial charge >= 0.3 is 11.9 Å². The quantitative estimate of drug-likeness (QED) is 0.0881. The van der Waals surface area contributed by atoms with Crippen LogP contribution in [0.25, 0.3) is 0 Å². The lowest BCUT2D eigenvalue weighted by Gasteiger charge is -2.18. The molecule has 7 heteroatoms. The molecular formula is C29H56N2O5. The van der Waals surface area contributed by atoms with Gasteiger partial charge in [-0.25, -0.2) is 4.79 Å². The first kappa shape index (κ1) is 34.4. The van der Waals surface area contributed by atoms with Gasteiger partial charge in [-0.3, -0.25) is 9.59 Å². The van der Waals surface area contributed by atoms with Crippen molar-refractivity contribution in [3.05, 3.63) is 0 Å². The molecule has 1 amide bonds. The van der Waals surface area contributed by atoms with Crippen molar-refractivity contribution in [2.75, 3.05) is 6.54 Å². The van der Waals surface area contributed by atoms with Gasteiger partial charge in [-0.05, 0) is 51.5 Å². The van der Waals surface area contributed by atoms with Gasteiger partial charge < -0.3 is 20.9 Å². The molecule has 0 bridgehead atoms. The van der Waals surface area contributed by atoms with E-state index in [9.17, 15) is 19.5 Å². The van der Waals surface area contributed by atoms with Gasteiger partial charge in [0.25, 0.3) is 0 Å². The van der Waals surface area contributed by atoms with E-state index in [0.717, 1.165) is 51.4 Å². The molecule has 0 aromatic carbocycles. The number of carboxylic acid groups (broad SMARTS) is 1. The van der Waals surface area contributed by atoms with E-state index in [1.165, 1.54) is 51.4 Å². The number of aliphatic carboxylic acids is 1. The van der Waals surface area contributed by atoms with E-state index in [4.69, 9.17) is 10.5 Å². The van der Waals surface area contributed by atoms with Gasteiger partial charge in [0.1, 0.15) is 12.1 Å². The summed E-state index contributed by atoms with van der Waals surface area (Å²) in [5.41, 5.74) is 5.43. The first-order valence-corrected chi connectivity index (χ1v) is 14.9. The zero-order valence-electron chi connectivity index (χ0n) is 23.4. The molecule has 7 nitrogen and oxygen atoms in total. The molecule has 36 heavy (non-hydrogen) atoms. The molecule has 212 valence electrons. The van der Waals surface area contributed by atoms with Crippen LogP contribution in [-0.2, 0) is 19.1 Å². The van der Waals surface area contributed by atoms with Crippen LogP contribution < -0.4 is 11.1 Å². The van der Waals surface area contributed by atoms with Gasteiger partial charge in [-0.2, -0.15) is 0 Å². The Balaban J connectivity index is 4.01. The van der Waals surface area contributed by atoms with E-state index >= 15 is 0 Å². The Kier molecular flexibility index (Phi) is 23.9. The SMILES string of the molecule is CCCCCCCCCCCCC(=O)OC(CCCC)CCCCCC(=O)NC(CCCN)C(=O)O. The third-order valence-electron chi connectivity index (χ3n) is 6.67. The number of carbonyl (C=O) groups is 3. The maximum absolute atomic E-state index is 12.3. The van der Waals surface area contributed by atoms with E-state index in [-0.39, 0.29) is 18.0 Å². The second kappa shape index (κ2) is 25.0. The van der Waals surface area contributed by atoms with E-state index in [1.807, 2.05) is 0 Å². The number of carbonyl (C=O) groups excluding carboxylic acids is 2. The second-order valence-electron chi connectivity index (χ2n) is 10.2. The summed E-state index contributed by atoms with van der Waals surface area (Å²) in [4.78, 5) is 35.6. The largest absolute Gasteiger partial charge is 0.480 e. The first-order valence-electron chi connectivity index (χ1n) is 14.9. The maximum atomic E-state index is 12.3. The second-order valence-corrected chi connectivity index (χ2v) is 10.2. The minimum atomic E-state index is -1.02. The van der Waals surface area contributed by atoms with Gasteiger partial charge in [0.05, 0.1) is 0 Å². The summed E-state index contributed by atoms with van der Waals surface area (Å²) < 4.78 is 5.79. The Hall–Kier alpha value is -1.63. The van der Waals surface area contributed by atoms with Crippen molar-refractivity contribution in [3.8, 4) is 0 Å². The van der Waals surface area contributed by atoms with Crippen LogP contribution in [0.2, 0.25) is 0 Å². The fourth-order valence-corrected chi connectivity index (χ4v) is 4.38. The molecular weight excluding hydrogens is 456 g/mol. The monoisotopic (exact) mass is 512 g/mol. The maximum Gasteiger partial charge on any atom is 0.326 e. The van der Waals surface area contributed by atoms with E-state index in [1.54, 1.807) is 0 Å². The molecule has 4 N–H and O–H groups in total. The predicted molar refractivity (Wildman–Crippen MR) is 147 cm³/mol. The highest BCUT2D eigenvalue weighted by Gasteiger charge is 2.19. The number of carboxylic acids is 1. The summed E-state index contributed by atoms with van der Waals surface area (Å²) in [6, 6.07) is -0.866. The normalized spacial score (nSPS) is 12.8. The molecule has 2 atom stereocenters. The molecule has 0 fully saturated rings. The van der Waals surface area contributed by atoms with E-state index in [2.05, 4.69) is 19.2 Å². The lowest BCUT2D eigenvalue weighted by atomic mass is 10.0. The average molecular weight is 513 g/mol. The average Bonchev–Trinajstić information content (AvgIpc) is 2.85. The first-order chi connectivity index (χ1) is 17.4. The smallest absolute Gasteiger partial charge is 0.326 e. The van der Waals surface area contributed by atoms with Crippen molar-refractivity contribution in [2.45, 2.75) is 161 Å². The third-order valence-corrected chi connectivity index (χ3v) is 6.67. The zero-order valence-corrected chi connectivity index (χ0v) is 23.4. The fraction of sp³-hybridized carbons (Fsp3) is 0.897. The van der Waals surface area contributed by atoms with Crippen molar-refractivity contribution in [3.63, 3.8) is 0 Å². The summed E-state index contributed by atoms with van der Waals surface area (Å²) in [7, 11) is 0. The van der Waals surface area contributed by atoms with Crippen LogP contribution in [0.15, 0.2) is 0 Å². The van der Waals surface area contributed by atoms with Crippen LogP contribution in [0.4, 0.5) is 0 Å². The van der Waals surface area contributed by atoms with E-state index in [0.29, 0.717) is 38.6 Å². The van der Waals surface area contributed by atoms with Crippen LogP contribution >= 0.6 is 0 Å². The molecule has 0 rings (SSSR count). The molecule has 0 aliphatic heterocycles.